The molecule has 0 amide bonds. The largest absolute Gasteiger partial charge is 0.311 e. The predicted octanol–water partition coefficient (Wildman–Crippen LogP) is 2.64. The van der Waals surface area contributed by atoms with Gasteiger partial charge in [-0.05, 0) is 6.42 Å². The molecule has 1 aliphatic rings. The van der Waals surface area contributed by atoms with E-state index in [1.807, 2.05) is 17.5 Å². The molecule has 0 bridgehead atoms. The van der Waals surface area contributed by atoms with Crippen LogP contribution in [0.5, 0.6) is 0 Å². The van der Waals surface area contributed by atoms with Crippen molar-refractivity contribution >= 4 is 34.9 Å². The summed E-state index contributed by atoms with van der Waals surface area (Å²) < 4.78 is 0. The molecular formula is C11H18N2S3. The zero-order valence-corrected chi connectivity index (χ0v) is 12.0. The molecule has 5 heteroatoms. The van der Waals surface area contributed by atoms with Gasteiger partial charge in [0, 0.05) is 46.7 Å². The first-order valence-electron chi connectivity index (χ1n) is 5.72. The van der Waals surface area contributed by atoms with Crippen molar-refractivity contribution in [3.8, 4) is 0 Å². The van der Waals surface area contributed by atoms with Crippen LogP contribution in [0, 0.1) is 0 Å². The second kappa shape index (κ2) is 6.89. The lowest BCUT2D eigenvalue weighted by Crippen LogP contribution is -2.28. The van der Waals surface area contributed by atoms with Crippen molar-refractivity contribution < 1.29 is 0 Å². The van der Waals surface area contributed by atoms with E-state index in [9.17, 15) is 0 Å². The number of aromatic nitrogens is 1. The average Bonchev–Trinajstić information content (AvgIpc) is 2.78. The number of nitrogens with one attached hydrogen (secondary N) is 1. The van der Waals surface area contributed by atoms with Gasteiger partial charge in [-0.2, -0.15) is 23.5 Å². The van der Waals surface area contributed by atoms with Crippen molar-refractivity contribution in [1.29, 1.82) is 0 Å². The Morgan fingerprint density at radius 3 is 3.12 bits per heavy atom. The van der Waals surface area contributed by atoms with Gasteiger partial charge in [-0.3, -0.25) is 0 Å². The number of nitrogens with zero attached hydrogens (tertiary/aromatic N) is 1. The zero-order valence-electron chi connectivity index (χ0n) is 9.57. The van der Waals surface area contributed by atoms with Crippen LogP contribution in [0.15, 0.2) is 6.20 Å². The summed E-state index contributed by atoms with van der Waals surface area (Å²) in [7, 11) is 0. The van der Waals surface area contributed by atoms with Crippen LogP contribution in [-0.2, 0) is 13.0 Å². The van der Waals surface area contributed by atoms with Crippen LogP contribution < -0.4 is 5.32 Å². The third-order valence-corrected chi connectivity index (χ3v) is 6.45. The molecule has 1 N–H and O–H groups in total. The van der Waals surface area contributed by atoms with Crippen molar-refractivity contribution in [2.75, 3.05) is 23.8 Å². The topological polar surface area (TPSA) is 24.9 Å². The fraction of sp³-hybridized carbons (Fsp3) is 0.727. The Bertz CT molecular complexity index is 308. The van der Waals surface area contributed by atoms with E-state index in [1.165, 1.54) is 27.1 Å². The Kier molecular flexibility index (Phi) is 5.48. The van der Waals surface area contributed by atoms with Crippen LogP contribution in [-0.4, -0.2) is 34.0 Å². The molecule has 2 rings (SSSR count). The number of aryl methyl sites for hydroxylation is 1. The monoisotopic (exact) mass is 274 g/mol. The molecule has 1 atom stereocenters. The zero-order chi connectivity index (χ0) is 11.2. The summed E-state index contributed by atoms with van der Waals surface area (Å²) in [6, 6.07) is 0. The Labute approximate surface area is 110 Å². The van der Waals surface area contributed by atoms with Gasteiger partial charge in [0.15, 0.2) is 0 Å². The van der Waals surface area contributed by atoms with Gasteiger partial charge in [0.05, 0.1) is 5.01 Å². The van der Waals surface area contributed by atoms with E-state index in [1.54, 1.807) is 0 Å². The van der Waals surface area contributed by atoms with Crippen LogP contribution in [0.1, 0.15) is 16.8 Å². The molecule has 16 heavy (non-hydrogen) atoms. The Morgan fingerprint density at radius 2 is 2.44 bits per heavy atom. The molecule has 0 aromatic carbocycles. The first kappa shape index (κ1) is 12.7. The molecule has 2 nitrogen and oxygen atoms in total. The van der Waals surface area contributed by atoms with E-state index in [2.05, 4.69) is 40.7 Å². The Balaban J connectivity index is 1.66. The van der Waals surface area contributed by atoms with Crippen LogP contribution in [0.25, 0.3) is 0 Å². The molecule has 0 saturated carbocycles. The number of hydrogen-bond acceptors (Lipinski definition) is 5. The normalized spacial score (nSPS) is 21.2. The molecule has 1 fully saturated rings. The van der Waals surface area contributed by atoms with Gasteiger partial charge in [-0.15, -0.1) is 11.3 Å². The molecule has 1 aliphatic heterocycles. The van der Waals surface area contributed by atoms with Crippen molar-refractivity contribution in [3.63, 3.8) is 0 Å². The van der Waals surface area contributed by atoms with Crippen LogP contribution in [0.4, 0.5) is 0 Å². The highest BCUT2D eigenvalue weighted by molar-refractivity contribution is 8.06. The average molecular weight is 274 g/mol. The van der Waals surface area contributed by atoms with E-state index >= 15 is 0 Å². The molecule has 0 spiro atoms. The minimum atomic E-state index is 0.803. The van der Waals surface area contributed by atoms with Crippen molar-refractivity contribution in [1.82, 2.24) is 10.3 Å². The molecule has 1 aromatic heterocycles. The highest BCUT2D eigenvalue weighted by Gasteiger charge is 2.13. The van der Waals surface area contributed by atoms with Gasteiger partial charge in [-0.1, -0.05) is 6.92 Å². The lowest BCUT2D eigenvalue weighted by Gasteiger charge is -2.20. The molecule has 1 aromatic rings. The predicted molar refractivity (Wildman–Crippen MR) is 76.8 cm³/mol. The summed E-state index contributed by atoms with van der Waals surface area (Å²) in [5.41, 5.74) is 0. The second-order valence-electron chi connectivity index (χ2n) is 3.77. The maximum Gasteiger partial charge on any atom is 0.0925 e. The highest BCUT2D eigenvalue weighted by atomic mass is 32.2. The van der Waals surface area contributed by atoms with E-state index in [4.69, 9.17) is 0 Å². The minimum Gasteiger partial charge on any atom is -0.311 e. The first-order valence-corrected chi connectivity index (χ1v) is 8.74. The molecule has 1 unspecified atom stereocenters. The summed E-state index contributed by atoms with van der Waals surface area (Å²) in [4.78, 5) is 5.74. The standard InChI is InChI=1S/C11H18N2S3/c1-2-11-13-7-9(16-11)5-12-6-10-8-14-3-4-15-10/h7,10,12H,2-6,8H2,1H3. The van der Waals surface area contributed by atoms with E-state index in [-0.39, 0.29) is 0 Å². The molecule has 2 heterocycles. The number of thiazole rings is 1. The van der Waals surface area contributed by atoms with Gasteiger partial charge in [0.1, 0.15) is 0 Å². The summed E-state index contributed by atoms with van der Waals surface area (Å²) >= 11 is 6.03. The van der Waals surface area contributed by atoms with E-state index in [0.717, 1.165) is 24.8 Å². The third-order valence-electron chi connectivity index (χ3n) is 2.46. The van der Waals surface area contributed by atoms with E-state index in [0.29, 0.717) is 0 Å². The summed E-state index contributed by atoms with van der Waals surface area (Å²) in [5.74, 6) is 3.95. The minimum absolute atomic E-state index is 0.803. The van der Waals surface area contributed by atoms with Crippen LogP contribution in [0.3, 0.4) is 0 Å². The third kappa shape index (κ3) is 3.95. The Hall–Kier alpha value is 0.290. The molecular weight excluding hydrogens is 256 g/mol. The van der Waals surface area contributed by atoms with Crippen molar-refractivity contribution in [3.05, 3.63) is 16.1 Å². The number of thioether (sulfide) groups is 2. The second-order valence-corrected chi connectivity index (χ2v) is 7.53. The fourth-order valence-electron chi connectivity index (χ4n) is 1.60. The van der Waals surface area contributed by atoms with Gasteiger partial charge in [0.25, 0.3) is 0 Å². The number of rotatable bonds is 5. The quantitative estimate of drug-likeness (QED) is 0.892. The van der Waals surface area contributed by atoms with E-state index < -0.39 is 0 Å². The smallest absolute Gasteiger partial charge is 0.0925 e. The van der Waals surface area contributed by atoms with Gasteiger partial charge in [0.2, 0.25) is 0 Å². The molecule has 90 valence electrons. The van der Waals surface area contributed by atoms with Crippen molar-refractivity contribution in [2.24, 2.45) is 0 Å². The lowest BCUT2D eigenvalue weighted by molar-refractivity contribution is 0.692. The Morgan fingerprint density at radius 1 is 1.50 bits per heavy atom. The van der Waals surface area contributed by atoms with Gasteiger partial charge < -0.3 is 5.32 Å². The highest BCUT2D eigenvalue weighted by Crippen LogP contribution is 2.23. The summed E-state index contributed by atoms with van der Waals surface area (Å²) in [6.07, 6.45) is 3.07. The first-order chi connectivity index (χ1) is 7.88. The maximum absolute atomic E-state index is 4.37. The lowest BCUT2D eigenvalue weighted by atomic mass is 10.4. The van der Waals surface area contributed by atoms with Gasteiger partial charge in [-0.25, -0.2) is 4.98 Å². The van der Waals surface area contributed by atoms with Crippen molar-refractivity contribution in [2.45, 2.75) is 25.1 Å². The maximum atomic E-state index is 4.37. The fourth-order valence-corrected chi connectivity index (χ4v) is 5.08. The number of hydrogen-bond donors (Lipinski definition) is 1. The molecule has 1 saturated heterocycles. The van der Waals surface area contributed by atoms with Crippen LogP contribution in [0.2, 0.25) is 0 Å². The van der Waals surface area contributed by atoms with Crippen LogP contribution >= 0.6 is 34.9 Å². The summed E-state index contributed by atoms with van der Waals surface area (Å²) in [5, 5.41) is 5.60. The molecule has 0 aliphatic carbocycles. The SMILES string of the molecule is CCc1ncc(CNCC2CSCCS2)s1. The summed E-state index contributed by atoms with van der Waals surface area (Å²) in [6.45, 7) is 4.28. The van der Waals surface area contributed by atoms with Gasteiger partial charge >= 0.3 is 0 Å². The molecule has 0 radical (unpaired) electrons.